The molecule has 0 aliphatic rings. The highest BCUT2D eigenvalue weighted by molar-refractivity contribution is 5.51. The van der Waals surface area contributed by atoms with Crippen molar-refractivity contribution >= 4 is 6.08 Å². The third-order valence-electron chi connectivity index (χ3n) is 1.97. The predicted octanol–water partition coefficient (Wildman–Crippen LogP) is 0.609. The Hall–Kier alpha value is -2.17. The van der Waals surface area contributed by atoms with Crippen LogP contribution in [0.25, 0.3) is 11.8 Å². The Morgan fingerprint density at radius 2 is 2.33 bits per heavy atom. The van der Waals surface area contributed by atoms with Crippen LogP contribution in [0.2, 0.25) is 0 Å². The number of benzene rings is 1. The molecule has 15 heavy (non-hydrogen) atoms. The molecule has 0 fully saturated rings. The molecule has 1 aromatic heterocycles. The molecule has 0 saturated carbocycles. The van der Waals surface area contributed by atoms with E-state index in [1.165, 1.54) is 7.05 Å². The topological polar surface area (TPSA) is 52.7 Å². The summed E-state index contributed by atoms with van der Waals surface area (Å²) >= 11 is 0. The van der Waals surface area contributed by atoms with Gasteiger partial charge in [0.1, 0.15) is 0 Å². The van der Waals surface area contributed by atoms with Gasteiger partial charge < -0.3 is 0 Å². The number of hydrogen-bond donors (Lipinski definition) is 0. The van der Waals surface area contributed by atoms with Crippen LogP contribution < -0.4 is 5.69 Å². The summed E-state index contributed by atoms with van der Waals surface area (Å²) in [6, 6.07) is 5.34. The van der Waals surface area contributed by atoms with Crippen LogP contribution in [0.15, 0.2) is 35.6 Å². The molecule has 0 saturated heterocycles. The Labute approximate surface area is 87.7 Å². The van der Waals surface area contributed by atoms with Crippen molar-refractivity contribution in [3.63, 3.8) is 0 Å². The highest BCUT2D eigenvalue weighted by Gasteiger charge is 2.05. The Morgan fingerprint density at radius 1 is 1.53 bits per heavy atom. The average molecular weight is 204 g/mol. The second-order valence-corrected chi connectivity index (χ2v) is 2.99. The van der Waals surface area contributed by atoms with Crippen LogP contribution in [-0.2, 0) is 7.05 Å². The van der Waals surface area contributed by atoms with Crippen molar-refractivity contribution in [3.05, 3.63) is 46.9 Å². The molecule has 1 aromatic carbocycles. The largest absolute Gasteiger partial charge is 0.368 e. The van der Waals surface area contributed by atoms with Gasteiger partial charge in [-0.25, -0.2) is 4.79 Å². The first kappa shape index (κ1) is 8.16. The van der Waals surface area contributed by atoms with E-state index in [1.807, 2.05) is 0 Å². The summed E-state index contributed by atoms with van der Waals surface area (Å²) in [7, 11) is 1.51. The van der Waals surface area contributed by atoms with Crippen LogP contribution in [0.4, 0.5) is 0 Å². The van der Waals surface area contributed by atoms with Crippen LogP contribution in [0.5, 0.6) is 0 Å². The molecular weight excluding hydrogens is 192 g/mol. The second kappa shape index (κ2) is 3.53. The fraction of sp³-hybridized carbons (Fsp3) is 0.100. The summed E-state index contributed by atoms with van der Waals surface area (Å²) in [4.78, 5) is 11.6. The quantitative estimate of drug-likeness (QED) is 0.720. The molecule has 5 nitrogen and oxygen atoms in total. The number of rotatable bonds is 2. The molecule has 0 spiro atoms. The molecule has 0 unspecified atom stereocenters. The standard InChI is InChI=1S/C10H10N4O/c1-3-8-5-4-6-9(7-8)14-10(15)13(2)11-12-14/h3-7H,1H2,2H3/i7T. The molecule has 76 valence electrons. The lowest BCUT2D eigenvalue weighted by Gasteiger charge is -1.98. The van der Waals surface area contributed by atoms with Gasteiger partial charge in [-0.1, -0.05) is 24.8 Å². The molecule has 5 heteroatoms. The van der Waals surface area contributed by atoms with Crippen LogP contribution in [0.3, 0.4) is 0 Å². The Balaban J connectivity index is 2.70. The van der Waals surface area contributed by atoms with Gasteiger partial charge >= 0.3 is 5.69 Å². The summed E-state index contributed by atoms with van der Waals surface area (Å²) in [6.45, 7) is 3.61. The number of aryl methyl sites for hydroxylation is 1. The van der Waals surface area contributed by atoms with Gasteiger partial charge in [-0.2, -0.15) is 9.36 Å². The maximum absolute atomic E-state index is 11.6. The van der Waals surface area contributed by atoms with E-state index in [0.717, 1.165) is 9.36 Å². The summed E-state index contributed by atoms with van der Waals surface area (Å²) in [5.74, 6) is 0. The van der Waals surface area contributed by atoms with Crippen molar-refractivity contribution in [1.29, 1.82) is 0 Å². The zero-order chi connectivity index (χ0) is 11.7. The number of hydrogen-bond acceptors (Lipinski definition) is 3. The molecule has 0 aliphatic heterocycles. The predicted molar refractivity (Wildman–Crippen MR) is 56.7 cm³/mol. The number of tetrazole rings is 1. The Morgan fingerprint density at radius 3 is 2.93 bits per heavy atom. The molecule has 0 aliphatic carbocycles. The van der Waals surface area contributed by atoms with Gasteiger partial charge in [0, 0.05) is 7.05 Å². The van der Waals surface area contributed by atoms with Crippen molar-refractivity contribution in [2.24, 2.45) is 7.05 Å². The van der Waals surface area contributed by atoms with Gasteiger partial charge in [0.25, 0.3) is 0 Å². The molecule has 0 N–H and O–H groups in total. The molecule has 0 amide bonds. The first-order valence-corrected chi connectivity index (χ1v) is 4.36. The molecule has 2 rings (SSSR count). The van der Waals surface area contributed by atoms with E-state index in [0.29, 0.717) is 11.3 Å². The monoisotopic (exact) mass is 204 g/mol. The van der Waals surface area contributed by atoms with E-state index in [2.05, 4.69) is 17.0 Å². The van der Waals surface area contributed by atoms with E-state index in [-0.39, 0.29) is 11.7 Å². The van der Waals surface area contributed by atoms with E-state index < -0.39 is 0 Å². The third kappa shape index (κ3) is 1.59. The SMILES string of the molecule is [3H]c1c(C=C)cccc1-n1nnn(C)c1=O. The van der Waals surface area contributed by atoms with Crippen LogP contribution >= 0.6 is 0 Å². The van der Waals surface area contributed by atoms with Crippen LogP contribution in [0.1, 0.15) is 6.93 Å². The van der Waals surface area contributed by atoms with Gasteiger partial charge in [-0.15, -0.1) is 0 Å². The van der Waals surface area contributed by atoms with E-state index in [4.69, 9.17) is 1.37 Å². The van der Waals surface area contributed by atoms with Gasteiger partial charge in [0.15, 0.2) is 0 Å². The van der Waals surface area contributed by atoms with Crippen molar-refractivity contribution in [1.82, 2.24) is 19.8 Å². The van der Waals surface area contributed by atoms with E-state index >= 15 is 0 Å². The third-order valence-corrected chi connectivity index (χ3v) is 1.97. The average Bonchev–Trinajstić information content (AvgIpc) is 2.61. The first-order valence-electron chi connectivity index (χ1n) is 4.86. The summed E-state index contributed by atoms with van der Waals surface area (Å²) < 4.78 is 10.1. The molecule has 0 atom stereocenters. The van der Waals surface area contributed by atoms with Crippen molar-refractivity contribution in [2.45, 2.75) is 0 Å². The molecule has 0 radical (unpaired) electrons. The molecular formula is C10H10N4O. The second-order valence-electron chi connectivity index (χ2n) is 2.99. The first-order chi connectivity index (χ1) is 7.65. The van der Waals surface area contributed by atoms with Crippen molar-refractivity contribution in [3.8, 4) is 5.69 Å². The van der Waals surface area contributed by atoms with Gasteiger partial charge in [-0.3, -0.25) is 0 Å². The Bertz CT molecular complexity index is 599. The smallest absolute Gasteiger partial charge is 0.244 e. The lowest BCUT2D eigenvalue weighted by Crippen LogP contribution is -2.21. The maximum atomic E-state index is 11.6. The highest BCUT2D eigenvalue weighted by Crippen LogP contribution is 2.07. The summed E-state index contributed by atoms with van der Waals surface area (Å²) in [5, 5.41) is 7.28. The van der Waals surface area contributed by atoms with Gasteiger partial charge in [0.05, 0.1) is 7.06 Å². The Kier molecular flexibility index (Phi) is 1.92. The van der Waals surface area contributed by atoms with Crippen LogP contribution in [-0.4, -0.2) is 19.8 Å². The minimum Gasteiger partial charge on any atom is -0.244 e. The minimum atomic E-state index is -0.380. The highest BCUT2D eigenvalue weighted by atomic mass is 16.2. The van der Waals surface area contributed by atoms with Gasteiger partial charge in [-0.05, 0) is 28.1 Å². The normalized spacial score (nSPS) is 11.1. The number of aromatic nitrogens is 4. The van der Waals surface area contributed by atoms with Crippen molar-refractivity contribution < 1.29 is 1.37 Å². The maximum Gasteiger partial charge on any atom is 0.368 e. The minimum absolute atomic E-state index is 0.208. The molecule has 1 heterocycles. The van der Waals surface area contributed by atoms with Crippen LogP contribution in [0, 0.1) is 0 Å². The fourth-order valence-corrected chi connectivity index (χ4v) is 1.18. The summed E-state index contributed by atoms with van der Waals surface area (Å²) in [6.07, 6.45) is 1.56. The van der Waals surface area contributed by atoms with E-state index in [9.17, 15) is 4.79 Å². The number of nitrogens with zero attached hydrogens (tertiary/aromatic N) is 4. The lowest BCUT2D eigenvalue weighted by atomic mass is 10.2. The summed E-state index contributed by atoms with van der Waals surface area (Å²) in [5.41, 5.74) is 0.667. The van der Waals surface area contributed by atoms with Crippen molar-refractivity contribution in [2.75, 3.05) is 0 Å². The molecule has 0 bridgehead atoms. The van der Waals surface area contributed by atoms with E-state index in [1.54, 1.807) is 24.3 Å². The fourth-order valence-electron chi connectivity index (χ4n) is 1.18. The zero-order valence-corrected chi connectivity index (χ0v) is 8.21. The zero-order valence-electron chi connectivity index (χ0n) is 9.21. The lowest BCUT2D eigenvalue weighted by molar-refractivity contribution is 0.693. The van der Waals surface area contributed by atoms with Gasteiger partial charge in [0.2, 0.25) is 0 Å². The molecule has 2 aromatic rings.